The number of esters is 1. The van der Waals surface area contributed by atoms with Crippen molar-refractivity contribution < 1.29 is 14.6 Å². The lowest BCUT2D eigenvalue weighted by Crippen LogP contribution is -2.21. The van der Waals surface area contributed by atoms with E-state index in [0.29, 0.717) is 10.2 Å². The van der Waals surface area contributed by atoms with Gasteiger partial charge in [0.1, 0.15) is 16.8 Å². The Morgan fingerprint density at radius 3 is 2.71 bits per heavy atom. The minimum atomic E-state index is -0.871. The fourth-order valence-corrected chi connectivity index (χ4v) is 3.11. The first-order valence-corrected chi connectivity index (χ1v) is 6.75. The number of aromatic nitrogens is 1. The van der Waals surface area contributed by atoms with Gasteiger partial charge in [0.15, 0.2) is 0 Å². The molecule has 0 radical (unpaired) electrons. The summed E-state index contributed by atoms with van der Waals surface area (Å²) in [7, 11) is 1.14. The van der Waals surface area contributed by atoms with Crippen LogP contribution < -0.4 is 10.3 Å². The molecule has 7 heteroatoms. The Labute approximate surface area is 121 Å². The highest BCUT2D eigenvalue weighted by molar-refractivity contribution is 7.16. The van der Waals surface area contributed by atoms with E-state index < -0.39 is 22.0 Å². The number of nitrogens with zero attached hydrogens (tertiary/aromatic N) is 1. The third kappa shape index (κ3) is 1.90. The van der Waals surface area contributed by atoms with Crippen LogP contribution in [-0.2, 0) is 4.74 Å². The predicted octanol–water partition coefficient (Wildman–Crippen LogP) is 1.37. The first kappa shape index (κ1) is 13.3. The zero-order valence-electron chi connectivity index (χ0n) is 10.8. The van der Waals surface area contributed by atoms with Gasteiger partial charge < -0.3 is 9.84 Å². The first-order valence-electron chi connectivity index (χ1n) is 5.93. The molecule has 0 unspecified atom stereocenters. The second kappa shape index (κ2) is 4.71. The molecule has 0 aliphatic rings. The summed E-state index contributed by atoms with van der Waals surface area (Å²) in [4.78, 5) is 36.2. The molecule has 0 bridgehead atoms. The number of ether oxygens (including phenoxy) is 1. The molecule has 6 nitrogen and oxygen atoms in total. The summed E-state index contributed by atoms with van der Waals surface area (Å²) in [6.07, 6.45) is 0. The molecule has 106 valence electrons. The maximum atomic E-state index is 12.3. The average molecular weight is 303 g/mol. The van der Waals surface area contributed by atoms with Crippen molar-refractivity contribution in [1.82, 2.24) is 4.40 Å². The fourth-order valence-electron chi connectivity index (χ4n) is 2.21. The molecule has 2 aromatic heterocycles. The van der Waals surface area contributed by atoms with Crippen LogP contribution in [0.15, 0.2) is 39.9 Å². The molecule has 3 aromatic rings. The average Bonchev–Trinajstić information content (AvgIpc) is 2.46. The Kier molecular flexibility index (Phi) is 2.99. The summed E-state index contributed by atoms with van der Waals surface area (Å²) in [5.74, 6) is -1.43. The fraction of sp³-hybridized carbons (Fsp3) is 0.0714. The zero-order chi connectivity index (χ0) is 15.1. The molecule has 1 N–H and O–H groups in total. The number of carbonyl (C=O) groups is 1. The molecular formula is C14H9NO5S. The monoisotopic (exact) mass is 303 g/mol. The second-order valence-electron chi connectivity index (χ2n) is 4.28. The van der Waals surface area contributed by atoms with Crippen LogP contribution in [0.2, 0.25) is 0 Å². The number of pyridine rings is 1. The Bertz CT molecular complexity index is 1000. The smallest absolute Gasteiger partial charge is 0.343 e. The van der Waals surface area contributed by atoms with Crippen molar-refractivity contribution in [3.05, 3.63) is 55.8 Å². The van der Waals surface area contributed by atoms with Crippen LogP contribution in [0, 0.1) is 0 Å². The zero-order valence-corrected chi connectivity index (χ0v) is 11.6. The largest absolute Gasteiger partial charge is 0.507 e. The molecule has 0 spiro atoms. The summed E-state index contributed by atoms with van der Waals surface area (Å²) in [5.41, 5.74) is -0.567. The number of hydrogen-bond donors (Lipinski definition) is 1. The van der Waals surface area contributed by atoms with Crippen molar-refractivity contribution in [3.8, 4) is 5.75 Å². The number of para-hydroxylation sites is 1. The van der Waals surface area contributed by atoms with Gasteiger partial charge in [0.05, 0.1) is 17.3 Å². The normalized spacial score (nSPS) is 10.9. The van der Waals surface area contributed by atoms with E-state index in [0.717, 1.165) is 28.9 Å². The summed E-state index contributed by atoms with van der Waals surface area (Å²) < 4.78 is 5.82. The van der Waals surface area contributed by atoms with E-state index in [9.17, 15) is 19.5 Å². The van der Waals surface area contributed by atoms with Gasteiger partial charge >= 0.3 is 5.97 Å². The maximum Gasteiger partial charge on any atom is 0.343 e. The predicted molar refractivity (Wildman–Crippen MR) is 78.3 cm³/mol. The highest BCUT2D eigenvalue weighted by Crippen LogP contribution is 2.23. The van der Waals surface area contributed by atoms with Gasteiger partial charge in [-0.05, 0) is 12.1 Å². The molecule has 0 fully saturated rings. The summed E-state index contributed by atoms with van der Waals surface area (Å²) in [6, 6.07) is 7.73. The molecule has 0 aliphatic carbocycles. The van der Waals surface area contributed by atoms with Gasteiger partial charge in [-0.25, -0.2) is 4.79 Å². The van der Waals surface area contributed by atoms with Gasteiger partial charge in [-0.15, -0.1) is 0 Å². The van der Waals surface area contributed by atoms with Gasteiger partial charge in [0.25, 0.3) is 10.3 Å². The molecule has 21 heavy (non-hydrogen) atoms. The highest BCUT2D eigenvalue weighted by Gasteiger charge is 2.21. The van der Waals surface area contributed by atoms with E-state index in [-0.39, 0.29) is 11.1 Å². The minimum absolute atomic E-state index is 0.171. The van der Waals surface area contributed by atoms with Gasteiger partial charge in [-0.3, -0.25) is 14.0 Å². The number of rotatable bonds is 1. The van der Waals surface area contributed by atoms with E-state index in [1.165, 1.54) is 0 Å². The maximum absolute atomic E-state index is 12.3. The molecule has 0 aliphatic heterocycles. The Morgan fingerprint density at radius 2 is 2.00 bits per heavy atom. The summed E-state index contributed by atoms with van der Waals surface area (Å²) in [5, 5.41) is 9.84. The van der Waals surface area contributed by atoms with Crippen LogP contribution in [0.3, 0.4) is 0 Å². The third-order valence-corrected chi connectivity index (χ3v) is 4.03. The van der Waals surface area contributed by atoms with Gasteiger partial charge in [0.2, 0.25) is 0 Å². The number of carbonyl (C=O) groups excluding carboxylic acids is 1. The SMILES string of the molecule is COC(=O)c1c(O)cc(=O)n2c1c(=O)sc1ccccc12. The number of aromatic hydroxyl groups is 1. The van der Waals surface area contributed by atoms with Crippen molar-refractivity contribution >= 4 is 33.0 Å². The van der Waals surface area contributed by atoms with Crippen molar-refractivity contribution in [2.75, 3.05) is 7.11 Å². The standard InChI is InChI=1S/C14H9NO5S/c1-20-13(18)11-8(16)6-10(17)15-7-4-2-3-5-9(7)21-14(19)12(11)15/h2-6,16H,1H3. The molecule has 2 heterocycles. The third-order valence-electron chi connectivity index (χ3n) is 3.09. The van der Waals surface area contributed by atoms with Crippen molar-refractivity contribution in [2.24, 2.45) is 0 Å². The molecular weight excluding hydrogens is 294 g/mol. The van der Waals surface area contributed by atoms with Crippen LogP contribution in [-0.4, -0.2) is 22.6 Å². The van der Waals surface area contributed by atoms with E-state index in [4.69, 9.17) is 0 Å². The molecule has 0 atom stereocenters. The lowest BCUT2D eigenvalue weighted by atomic mass is 10.2. The minimum Gasteiger partial charge on any atom is -0.507 e. The Morgan fingerprint density at radius 1 is 1.29 bits per heavy atom. The van der Waals surface area contributed by atoms with Crippen molar-refractivity contribution in [3.63, 3.8) is 0 Å². The number of hydrogen-bond acceptors (Lipinski definition) is 6. The topological polar surface area (TPSA) is 85.1 Å². The van der Waals surface area contributed by atoms with Crippen LogP contribution in [0.5, 0.6) is 5.75 Å². The molecule has 3 rings (SSSR count). The van der Waals surface area contributed by atoms with Gasteiger partial charge in [-0.2, -0.15) is 0 Å². The van der Waals surface area contributed by atoms with Crippen LogP contribution in [0.25, 0.3) is 15.7 Å². The second-order valence-corrected chi connectivity index (χ2v) is 5.29. The first-order chi connectivity index (χ1) is 10.0. The highest BCUT2D eigenvalue weighted by atomic mass is 32.1. The van der Waals surface area contributed by atoms with E-state index in [1.807, 2.05) is 0 Å². The summed E-state index contributed by atoms with van der Waals surface area (Å²) >= 11 is 0.897. The van der Waals surface area contributed by atoms with Crippen molar-refractivity contribution in [2.45, 2.75) is 0 Å². The number of fused-ring (bicyclic) bond motifs is 3. The summed E-state index contributed by atoms with van der Waals surface area (Å²) in [6.45, 7) is 0. The molecule has 1 aromatic carbocycles. The molecule has 0 saturated heterocycles. The van der Waals surface area contributed by atoms with Crippen LogP contribution >= 0.6 is 11.3 Å². The quantitative estimate of drug-likeness (QED) is 0.542. The van der Waals surface area contributed by atoms with Crippen LogP contribution in [0.4, 0.5) is 0 Å². The number of methoxy groups -OCH3 is 1. The van der Waals surface area contributed by atoms with Crippen LogP contribution in [0.1, 0.15) is 10.4 Å². The Hall–Kier alpha value is -2.67. The van der Waals surface area contributed by atoms with E-state index >= 15 is 0 Å². The van der Waals surface area contributed by atoms with E-state index in [2.05, 4.69) is 4.74 Å². The van der Waals surface area contributed by atoms with E-state index in [1.54, 1.807) is 24.3 Å². The van der Waals surface area contributed by atoms with Gasteiger partial charge in [0, 0.05) is 6.07 Å². The van der Waals surface area contributed by atoms with Gasteiger partial charge in [-0.1, -0.05) is 23.5 Å². The van der Waals surface area contributed by atoms with Crippen molar-refractivity contribution in [1.29, 1.82) is 0 Å². The molecule has 0 saturated carbocycles. The number of benzene rings is 1. The lowest BCUT2D eigenvalue weighted by Gasteiger charge is -2.09. The lowest BCUT2D eigenvalue weighted by molar-refractivity contribution is 0.0599. The Balaban J connectivity index is 2.69. The molecule has 0 amide bonds.